The number of halogens is 2. The average Bonchev–Trinajstić information content (AvgIpc) is 3.23. The van der Waals surface area contributed by atoms with E-state index in [4.69, 9.17) is 27.9 Å². The first kappa shape index (κ1) is 21.3. The molecule has 1 aromatic carbocycles. The molecule has 2 aliphatic heterocycles. The van der Waals surface area contributed by atoms with Gasteiger partial charge >= 0.3 is 0 Å². The van der Waals surface area contributed by atoms with Gasteiger partial charge in [-0.2, -0.15) is 4.31 Å². The molecule has 0 aliphatic carbocycles. The molecule has 3 heterocycles. The predicted molar refractivity (Wildman–Crippen MR) is 116 cm³/mol. The molecule has 0 N–H and O–H groups in total. The molecular formula is C19H23Cl2N3O3S2. The molecule has 2 saturated heterocycles. The highest BCUT2D eigenvalue weighted by atomic mass is 35.5. The Hall–Kier alpha value is -0.900. The van der Waals surface area contributed by atoms with E-state index in [9.17, 15) is 8.42 Å². The summed E-state index contributed by atoms with van der Waals surface area (Å²) in [7, 11) is -3.63. The zero-order chi connectivity index (χ0) is 20.4. The number of sulfonamides is 1. The smallest absolute Gasteiger partial charge is 0.273 e. The molecule has 0 spiro atoms. The van der Waals surface area contributed by atoms with Gasteiger partial charge in [0, 0.05) is 48.8 Å². The summed E-state index contributed by atoms with van der Waals surface area (Å²) in [6, 6.07) is 4.95. The molecule has 29 heavy (non-hydrogen) atoms. The Morgan fingerprint density at radius 1 is 1.07 bits per heavy atom. The average molecular weight is 476 g/mol. The first-order chi connectivity index (χ1) is 13.9. The highest BCUT2D eigenvalue weighted by molar-refractivity contribution is 7.89. The third kappa shape index (κ3) is 4.89. The SMILES string of the molecule is O=S(=O)(c1cc(Cl)ccc1Cl)N1CCC(N2CCC(Oc3nccs3)CC2)CC1. The van der Waals surface area contributed by atoms with E-state index >= 15 is 0 Å². The Labute approximate surface area is 185 Å². The second-order valence-electron chi connectivity index (χ2n) is 7.36. The molecule has 0 atom stereocenters. The van der Waals surface area contributed by atoms with Crippen LogP contribution in [0.3, 0.4) is 0 Å². The van der Waals surface area contributed by atoms with E-state index in [1.54, 1.807) is 12.3 Å². The van der Waals surface area contributed by atoms with E-state index < -0.39 is 10.0 Å². The number of rotatable bonds is 5. The molecule has 0 bridgehead atoms. The Balaban J connectivity index is 1.31. The lowest BCUT2D eigenvalue weighted by atomic mass is 10.00. The van der Waals surface area contributed by atoms with Crippen molar-refractivity contribution in [1.29, 1.82) is 0 Å². The van der Waals surface area contributed by atoms with Gasteiger partial charge in [0.25, 0.3) is 5.19 Å². The first-order valence-corrected chi connectivity index (χ1v) is 12.8. The fourth-order valence-electron chi connectivity index (χ4n) is 4.03. The third-order valence-electron chi connectivity index (χ3n) is 5.60. The lowest BCUT2D eigenvalue weighted by Crippen LogP contribution is -2.50. The van der Waals surface area contributed by atoms with Crippen molar-refractivity contribution < 1.29 is 13.2 Å². The molecule has 10 heteroatoms. The molecule has 2 aliphatic rings. The van der Waals surface area contributed by atoms with E-state index in [0.717, 1.165) is 44.0 Å². The van der Waals surface area contributed by atoms with Crippen LogP contribution in [-0.2, 0) is 10.0 Å². The Morgan fingerprint density at radius 2 is 1.79 bits per heavy atom. The molecule has 6 nitrogen and oxygen atoms in total. The van der Waals surface area contributed by atoms with Crippen molar-refractivity contribution in [3.05, 3.63) is 39.8 Å². The van der Waals surface area contributed by atoms with Crippen molar-refractivity contribution in [3.8, 4) is 5.19 Å². The maximum Gasteiger partial charge on any atom is 0.273 e. The molecule has 4 rings (SSSR count). The van der Waals surface area contributed by atoms with Crippen molar-refractivity contribution in [2.24, 2.45) is 0 Å². The van der Waals surface area contributed by atoms with Gasteiger partial charge in [-0.25, -0.2) is 13.4 Å². The van der Waals surface area contributed by atoms with Crippen LogP contribution in [0.15, 0.2) is 34.7 Å². The van der Waals surface area contributed by atoms with Gasteiger partial charge in [-0.15, -0.1) is 0 Å². The number of thiazole rings is 1. The lowest BCUT2D eigenvalue weighted by molar-refractivity contribution is 0.0584. The first-order valence-electron chi connectivity index (χ1n) is 9.69. The number of aromatic nitrogens is 1. The van der Waals surface area contributed by atoms with Crippen molar-refractivity contribution in [2.45, 2.75) is 42.7 Å². The van der Waals surface area contributed by atoms with Crippen LogP contribution in [0, 0.1) is 0 Å². The van der Waals surface area contributed by atoms with Gasteiger partial charge < -0.3 is 9.64 Å². The highest BCUT2D eigenvalue weighted by Crippen LogP contribution is 2.31. The number of nitrogens with zero attached hydrogens (tertiary/aromatic N) is 3. The van der Waals surface area contributed by atoms with Gasteiger partial charge in [0.05, 0.1) is 5.02 Å². The zero-order valence-electron chi connectivity index (χ0n) is 15.8. The van der Waals surface area contributed by atoms with Gasteiger partial charge in [0.15, 0.2) is 0 Å². The second kappa shape index (κ2) is 9.08. The topological polar surface area (TPSA) is 62.7 Å². The lowest BCUT2D eigenvalue weighted by Gasteiger charge is -2.41. The second-order valence-corrected chi connectivity index (χ2v) is 11.0. The van der Waals surface area contributed by atoms with Crippen molar-refractivity contribution in [2.75, 3.05) is 26.2 Å². The number of benzene rings is 1. The van der Waals surface area contributed by atoms with E-state index in [1.807, 2.05) is 5.38 Å². The van der Waals surface area contributed by atoms with Crippen LogP contribution >= 0.6 is 34.5 Å². The zero-order valence-corrected chi connectivity index (χ0v) is 19.0. The van der Waals surface area contributed by atoms with Crippen molar-refractivity contribution in [3.63, 3.8) is 0 Å². The molecule has 2 fully saturated rings. The van der Waals surface area contributed by atoms with Gasteiger partial charge in [-0.1, -0.05) is 34.5 Å². The Morgan fingerprint density at radius 3 is 2.45 bits per heavy atom. The molecule has 0 amide bonds. The monoisotopic (exact) mass is 475 g/mol. The van der Waals surface area contributed by atoms with Gasteiger partial charge in [-0.3, -0.25) is 0 Å². The fraction of sp³-hybridized carbons (Fsp3) is 0.526. The third-order valence-corrected chi connectivity index (χ3v) is 8.88. The quantitative estimate of drug-likeness (QED) is 0.649. The van der Waals surface area contributed by atoms with E-state index in [2.05, 4.69) is 9.88 Å². The molecule has 0 saturated carbocycles. The normalized spacial score (nSPS) is 20.8. The minimum Gasteiger partial charge on any atom is -0.467 e. The number of hydrogen-bond donors (Lipinski definition) is 0. The number of likely N-dealkylation sites (tertiary alicyclic amines) is 1. The Bertz CT molecular complexity index is 924. The molecule has 1 aromatic heterocycles. The van der Waals surface area contributed by atoms with Crippen LogP contribution in [-0.4, -0.2) is 60.9 Å². The van der Waals surface area contributed by atoms with Gasteiger partial charge in [0.1, 0.15) is 11.0 Å². The molecule has 2 aromatic rings. The van der Waals surface area contributed by atoms with Crippen LogP contribution in [0.4, 0.5) is 0 Å². The van der Waals surface area contributed by atoms with Crippen LogP contribution in [0.5, 0.6) is 5.19 Å². The molecule has 0 unspecified atom stereocenters. The molecular weight excluding hydrogens is 453 g/mol. The largest absolute Gasteiger partial charge is 0.467 e. The van der Waals surface area contributed by atoms with E-state index in [-0.39, 0.29) is 16.0 Å². The summed E-state index contributed by atoms with van der Waals surface area (Å²) in [5.41, 5.74) is 0. The summed E-state index contributed by atoms with van der Waals surface area (Å²) < 4.78 is 33.4. The standard InChI is InChI=1S/C19H23Cl2N3O3S2/c20-14-1-2-17(21)18(13-14)29(25,26)24-10-3-15(4-11-24)23-8-5-16(6-9-23)27-19-22-7-12-28-19/h1-2,7,12-13,15-16H,3-6,8-11H2. The molecule has 158 valence electrons. The number of hydrogen-bond acceptors (Lipinski definition) is 6. The van der Waals surface area contributed by atoms with E-state index in [1.165, 1.54) is 27.8 Å². The number of ether oxygens (including phenoxy) is 1. The van der Waals surface area contributed by atoms with Crippen molar-refractivity contribution >= 4 is 44.6 Å². The summed E-state index contributed by atoms with van der Waals surface area (Å²) in [5.74, 6) is 0. The minimum absolute atomic E-state index is 0.0882. The van der Waals surface area contributed by atoms with Gasteiger partial charge in [-0.05, 0) is 43.9 Å². The van der Waals surface area contributed by atoms with Crippen LogP contribution in [0.1, 0.15) is 25.7 Å². The van der Waals surface area contributed by atoms with Crippen LogP contribution in [0.25, 0.3) is 0 Å². The summed E-state index contributed by atoms with van der Waals surface area (Å²) in [6.07, 6.45) is 5.54. The van der Waals surface area contributed by atoms with Crippen LogP contribution in [0.2, 0.25) is 10.0 Å². The van der Waals surface area contributed by atoms with E-state index in [0.29, 0.717) is 24.2 Å². The summed E-state index contributed by atoms with van der Waals surface area (Å²) in [6.45, 7) is 2.91. The highest BCUT2D eigenvalue weighted by Gasteiger charge is 2.34. The minimum atomic E-state index is -3.63. The summed E-state index contributed by atoms with van der Waals surface area (Å²) in [5, 5.41) is 3.23. The predicted octanol–water partition coefficient (Wildman–Crippen LogP) is 4.15. The summed E-state index contributed by atoms with van der Waals surface area (Å²) >= 11 is 13.6. The summed E-state index contributed by atoms with van der Waals surface area (Å²) in [4.78, 5) is 6.75. The maximum absolute atomic E-state index is 13.0. The fourth-order valence-corrected chi connectivity index (χ4v) is 6.79. The van der Waals surface area contributed by atoms with Gasteiger partial charge in [0.2, 0.25) is 10.0 Å². The molecule has 0 radical (unpaired) electrons. The number of piperidine rings is 2. The van der Waals surface area contributed by atoms with Crippen molar-refractivity contribution in [1.82, 2.24) is 14.2 Å². The maximum atomic E-state index is 13.0. The Kier molecular flexibility index (Phi) is 6.68. The van der Waals surface area contributed by atoms with Crippen LogP contribution < -0.4 is 4.74 Å².